The molecule has 0 radical (unpaired) electrons. The van der Waals surface area contributed by atoms with Gasteiger partial charge >= 0.3 is 0 Å². The van der Waals surface area contributed by atoms with Gasteiger partial charge < -0.3 is 15.0 Å². The molecule has 5 rings (SSSR count). The van der Waals surface area contributed by atoms with Crippen molar-refractivity contribution in [3.8, 4) is 0 Å². The van der Waals surface area contributed by atoms with Crippen molar-refractivity contribution >= 4 is 17.3 Å². The first-order chi connectivity index (χ1) is 13.7. The summed E-state index contributed by atoms with van der Waals surface area (Å²) in [6.45, 7) is 6.04. The Hall–Kier alpha value is -2.37. The number of nitrogens with zero attached hydrogens (tertiary/aromatic N) is 2. The lowest BCUT2D eigenvalue weighted by Crippen LogP contribution is -2.36. The number of para-hydroxylation sites is 1. The highest BCUT2D eigenvalue weighted by atomic mass is 16.5. The van der Waals surface area contributed by atoms with Crippen LogP contribution in [0.3, 0.4) is 0 Å². The van der Waals surface area contributed by atoms with E-state index in [0.29, 0.717) is 12.5 Å². The third kappa shape index (κ3) is 3.40. The van der Waals surface area contributed by atoms with E-state index in [0.717, 1.165) is 45.1 Å². The minimum Gasteiger partial charge on any atom is -0.378 e. The number of carbonyl (C=O) groups excluding carboxylic acids is 1. The van der Waals surface area contributed by atoms with Crippen molar-refractivity contribution in [2.24, 2.45) is 5.92 Å². The van der Waals surface area contributed by atoms with Crippen LogP contribution in [0.2, 0.25) is 0 Å². The molecule has 3 aliphatic rings. The van der Waals surface area contributed by atoms with Crippen LogP contribution in [0.5, 0.6) is 0 Å². The summed E-state index contributed by atoms with van der Waals surface area (Å²) in [5, 5.41) is 3.00. The number of hydrogen-bond donors (Lipinski definition) is 1. The monoisotopic (exact) mass is 377 g/mol. The zero-order valence-corrected chi connectivity index (χ0v) is 16.1. The quantitative estimate of drug-likeness (QED) is 0.870. The molecule has 2 unspecified atom stereocenters. The van der Waals surface area contributed by atoms with Crippen LogP contribution in [0.1, 0.15) is 12.0 Å². The van der Waals surface area contributed by atoms with E-state index in [4.69, 9.17) is 4.74 Å². The number of hydrogen-bond acceptors (Lipinski definition) is 4. The van der Waals surface area contributed by atoms with Crippen molar-refractivity contribution in [3.05, 3.63) is 60.2 Å². The van der Waals surface area contributed by atoms with Crippen LogP contribution >= 0.6 is 0 Å². The first-order valence-electron chi connectivity index (χ1n) is 10.2. The lowest BCUT2D eigenvalue weighted by atomic mass is 9.94. The van der Waals surface area contributed by atoms with Gasteiger partial charge in [-0.25, -0.2) is 0 Å². The second kappa shape index (κ2) is 7.22. The van der Waals surface area contributed by atoms with Crippen LogP contribution in [0.25, 0.3) is 0 Å². The number of piperidine rings is 1. The van der Waals surface area contributed by atoms with Crippen molar-refractivity contribution in [2.75, 3.05) is 56.2 Å². The van der Waals surface area contributed by atoms with Crippen LogP contribution in [-0.2, 0) is 14.9 Å². The summed E-state index contributed by atoms with van der Waals surface area (Å²) in [6.07, 6.45) is 1.25. The molecular weight excluding hydrogens is 350 g/mol. The fraction of sp³-hybridized carbons (Fsp3) is 0.435. The standard InChI is InChI=1S/C23H27N3O2/c27-22(24-20-4-2-1-3-5-20)16-25-15-19-14-23(19,17-25)18-6-8-21(9-7-18)26-10-12-28-13-11-26/h1-9,19H,10-17H2,(H,24,27). The Bertz CT molecular complexity index is 833. The number of benzene rings is 2. The van der Waals surface area contributed by atoms with Gasteiger partial charge in [-0.1, -0.05) is 30.3 Å². The molecule has 1 N–H and O–H groups in total. The highest BCUT2D eigenvalue weighted by Gasteiger charge is 2.60. The summed E-state index contributed by atoms with van der Waals surface area (Å²) in [5.74, 6) is 0.761. The lowest BCUT2D eigenvalue weighted by molar-refractivity contribution is -0.117. The zero-order chi connectivity index (χ0) is 19.0. The molecule has 1 aliphatic carbocycles. The predicted octanol–water partition coefficient (Wildman–Crippen LogP) is 2.74. The number of anilines is 2. The Morgan fingerprint density at radius 2 is 1.82 bits per heavy atom. The largest absolute Gasteiger partial charge is 0.378 e. The normalized spacial score (nSPS) is 26.7. The topological polar surface area (TPSA) is 44.8 Å². The number of morpholine rings is 1. The molecule has 2 aromatic rings. The van der Waals surface area contributed by atoms with Crippen LogP contribution in [-0.4, -0.2) is 56.7 Å². The van der Waals surface area contributed by atoms with E-state index in [-0.39, 0.29) is 11.3 Å². The number of rotatable bonds is 5. The number of amides is 1. The van der Waals surface area contributed by atoms with Gasteiger partial charge in [0.1, 0.15) is 0 Å². The van der Waals surface area contributed by atoms with Crippen molar-refractivity contribution in [3.63, 3.8) is 0 Å². The van der Waals surface area contributed by atoms with E-state index in [2.05, 4.69) is 39.4 Å². The smallest absolute Gasteiger partial charge is 0.238 e. The molecule has 0 aromatic heterocycles. The summed E-state index contributed by atoms with van der Waals surface area (Å²) in [5.41, 5.74) is 3.85. The molecule has 2 saturated heterocycles. The Morgan fingerprint density at radius 1 is 1.07 bits per heavy atom. The molecule has 0 spiro atoms. The van der Waals surface area contributed by atoms with Crippen LogP contribution < -0.4 is 10.2 Å². The van der Waals surface area contributed by atoms with E-state index in [1.54, 1.807) is 0 Å². The molecule has 1 amide bonds. The van der Waals surface area contributed by atoms with E-state index < -0.39 is 0 Å². The molecule has 2 atom stereocenters. The summed E-state index contributed by atoms with van der Waals surface area (Å²) < 4.78 is 5.45. The van der Waals surface area contributed by atoms with E-state index >= 15 is 0 Å². The van der Waals surface area contributed by atoms with Crippen molar-refractivity contribution in [2.45, 2.75) is 11.8 Å². The first kappa shape index (κ1) is 17.7. The van der Waals surface area contributed by atoms with Gasteiger partial charge in [0, 0.05) is 43.0 Å². The van der Waals surface area contributed by atoms with Gasteiger partial charge in [0.05, 0.1) is 19.8 Å². The number of likely N-dealkylation sites (tertiary alicyclic amines) is 1. The molecule has 146 valence electrons. The van der Waals surface area contributed by atoms with Gasteiger partial charge in [-0.3, -0.25) is 9.69 Å². The molecule has 5 nitrogen and oxygen atoms in total. The maximum atomic E-state index is 12.4. The molecular formula is C23H27N3O2. The second-order valence-electron chi connectivity index (χ2n) is 8.29. The molecule has 1 saturated carbocycles. The summed E-state index contributed by atoms with van der Waals surface area (Å²) in [6, 6.07) is 18.8. The molecule has 2 aromatic carbocycles. The number of nitrogens with one attached hydrogen (secondary N) is 1. The fourth-order valence-corrected chi connectivity index (χ4v) is 4.91. The molecule has 28 heavy (non-hydrogen) atoms. The minimum absolute atomic E-state index is 0.0744. The van der Waals surface area contributed by atoms with Gasteiger partial charge in [-0.2, -0.15) is 0 Å². The Kier molecular flexibility index (Phi) is 4.57. The van der Waals surface area contributed by atoms with Crippen LogP contribution in [0.4, 0.5) is 11.4 Å². The van der Waals surface area contributed by atoms with Gasteiger partial charge in [-0.05, 0) is 42.2 Å². The molecule has 3 fully saturated rings. The van der Waals surface area contributed by atoms with Crippen LogP contribution in [0, 0.1) is 5.92 Å². The highest BCUT2D eigenvalue weighted by Crippen LogP contribution is 2.59. The average molecular weight is 377 g/mol. The summed E-state index contributed by atoms with van der Waals surface area (Å²) in [4.78, 5) is 17.1. The van der Waals surface area contributed by atoms with E-state index in [9.17, 15) is 4.79 Å². The predicted molar refractivity (Wildman–Crippen MR) is 111 cm³/mol. The Morgan fingerprint density at radius 3 is 2.57 bits per heavy atom. The van der Waals surface area contributed by atoms with E-state index in [1.165, 1.54) is 17.7 Å². The summed E-state index contributed by atoms with van der Waals surface area (Å²) >= 11 is 0. The van der Waals surface area contributed by atoms with Gasteiger partial charge in [0.2, 0.25) is 5.91 Å². The SMILES string of the molecule is O=C(CN1CC2CC2(c2ccc(N3CCOCC3)cc2)C1)Nc1ccccc1. The zero-order valence-electron chi connectivity index (χ0n) is 16.1. The van der Waals surface area contributed by atoms with Crippen molar-refractivity contribution in [1.82, 2.24) is 4.90 Å². The van der Waals surface area contributed by atoms with Crippen molar-refractivity contribution < 1.29 is 9.53 Å². The maximum absolute atomic E-state index is 12.4. The molecule has 0 bridgehead atoms. The fourth-order valence-electron chi connectivity index (χ4n) is 4.91. The lowest BCUT2D eigenvalue weighted by Gasteiger charge is -2.29. The van der Waals surface area contributed by atoms with E-state index in [1.807, 2.05) is 30.3 Å². The summed E-state index contributed by atoms with van der Waals surface area (Å²) in [7, 11) is 0. The van der Waals surface area contributed by atoms with Crippen molar-refractivity contribution in [1.29, 1.82) is 0 Å². The first-order valence-corrected chi connectivity index (χ1v) is 10.2. The third-order valence-corrected chi connectivity index (χ3v) is 6.46. The second-order valence-corrected chi connectivity index (χ2v) is 8.29. The van der Waals surface area contributed by atoms with Crippen LogP contribution in [0.15, 0.2) is 54.6 Å². The average Bonchev–Trinajstić information content (AvgIpc) is 3.31. The van der Waals surface area contributed by atoms with Gasteiger partial charge in [-0.15, -0.1) is 0 Å². The highest BCUT2D eigenvalue weighted by molar-refractivity contribution is 5.92. The molecule has 2 aliphatic heterocycles. The number of ether oxygens (including phenoxy) is 1. The minimum atomic E-state index is 0.0744. The van der Waals surface area contributed by atoms with Gasteiger partial charge in [0.25, 0.3) is 0 Å². The third-order valence-electron chi connectivity index (χ3n) is 6.46. The Labute approximate surface area is 166 Å². The molecule has 2 heterocycles. The number of carbonyl (C=O) groups is 1. The number of fused-ring (bicyclic) bond motifs is 1. The molecule has 5 heteroatoms. The van der Waals surface area contributed by atoms with Gasteiger partial charge in [0.15, 0.2) is 0 Å². The Balaban J connectivity index is 1.20. The maximum Gasteiger partial charge on any atom is 0.238 e.